The molecule has 0 fully saturated rings. The molecule has 1 atom stereocenters. The number of aryl methyl sites for hydroxylation is 1. The van der Waals surface area contributed by atoms with E-state index in [1.807, 2.05) is 20.8 Å². The van der Waals surface area contributed by atoms with Crippen molar-refractivity contribution < 1.29 is 9.53 Å². The monoisotopic (exact) mass is 289 g/mol. The van der Waals surface area contributed by atoms with E-state index in [0.717, 1.165) is 15.1 Å². The van der Waals surface area contributed by atoms with Crippen molar-refractivity contribution in [1.29, 1.82) is 0 Å². The lowest BCUT2D eigenvalue weighted by molar-refractivity contribution is -0.150. The minimum absolute atomic E-state index is 0.207. The van der Waals surface area contributed by atoms with Crippen LogP contribution in [0.4, 0.5) is 0 Å². The van der Waals surface area contributed by atoms with Gasteiger partial charge in [0.2, 0.25) is 0 Å². The number of hydrogen-bond acceptors (Lipinski definition) is 7. The molecule has 1 aromatic rings. The maximum atomic E-state index is 11.8. The van der Waals surface area contributed by atoms with E-state index in [9.17, 15) is 4.79 Å². The Kier molecular flexibility index (Phi) is 6.04. The average molecular weight is 289 g/mol. The molecule has 0 aliphatic heterocycles. The van der Waals surface area contributed by atoms with Crippen molar-refractivity contribution in [2.24, 2.45) is 0 Å². The molecule has 0 aromatic carbocycles. The first-order valence-corrected chi connectivity index (χ1v) is 7.61. The fraction of sp³-hybridized carbons (Fsp3) is 0.727. The van der Waals surface area contributed by atoms with Crippen LogP contribution < -0.4 is 5.32 Å². The minimum atomic E-state index is -0.636. The second-order valence-electron chi connectivity index (χ2n) is 3.99. The van der Waals surface area contributed by atoms with Crippen LogP contribution >= 0.6 is 23.1 Å². The molecule has 1 rings (SSSR count). The number of carbonyl (C=O) groups excluding carboxylic acids is 1. The summed E-state index contributed by atoms with van der Waals surface area (Å²) >= 11 is 3.18. The number of ether oxygens (including phenoxy) is 1. The maximum Gasteiger partial charge on any atom is 0.326 e. The first kappa shape index (κ1) is 15.4. The molecule has 0 bridgehead atoms. The summed E-state index contributed by atoms with van der Waals surface area (Å²) in [5, 5.41) is 12.0. The highest BCUT2D eigenvalue weighted by atomic mass is 32.2. The standard InChI is InChI=1S/C11H19N3O2S2/c1-5-16-9(15)11(3,12-4)6-7-17-10-14-13-8(2)18-10/h12H,5-7H2,1-4H3. The summed E-state index contributed by atoms with van der Waals surface area (Å²) in [5.74, 6) is 0.590. The van der Waals surface area contributed by atoms with E-state index in [4.69, 9.17) is 4.74 Å². The number of esters is 1. The van der Waals surface area contributed by atoms with Gasteiger partial charge in [-0.1, -0.05) is 23.1 Å². The first-order chi connectivity index (χ1) is 8.51. The summed E-state index contributed by atoms with van der Waals surface area (Å²) in [4.78, 5) is 11.8. The molecule has 1 heterocycles. The molecule has 1 unspecified atom stereocenters. The lowest BCUT2D eigenvalue weighted by Crippen LogP contribution is -2.49. The predicted octanol–water partition coefficient (Wildman–Crippen LogP) is 1.87. The zero-order chi connectivity index (χ0) is 13.6. The van der Waals surface area contributed by atoms with Crippen molar-refractivity contribution in [2.75, 3.05) is 19.4 Å². The van der Waals surface area contributed by atoms with Crippen LogP contribution in [0.5, 0.6) is 0 Å². The third-order valence-corrected chi connectivity index (χ3v) is 4.59. The van der Waals surface area contributed by atoms with Crippen LogP contribution in [-0.4, -0.2) is 41.1 Å². The number of thioether (sulfide) groups is 1. The second-order valence-corrected chi connectivity index (χ2v) is 6.51. The molecule has 0 spiro atoms. The van der Waals surface area contributed by atoms with Crippen molar-refractivity contribution >= 4 is 29.1 Å². The average Bonchev–Trinajstić information content (AvgIpc) is 2.75. The van der Waals surface area contributed by atoms with E-state index in [1.165, 1.54) is 0 Å². The molecular formula is C11H19N3O2S2. The number of rotatable bonds is 7. The van der Waals surface area contributed by atoms with Crippen LogP contribution in [0.1, 0.15) is 25.3 Å². The number of nitrogens with zero attached hydrogens (tertiary/aromatic N) is 2. The maximum absolute atomic E-state index is 11.8. The van der Waals surface area contributed by atoms with Crippen LogP contribution in [0.2, 0.25) is 0 Å². The Labute approximate surface area is 116 Å². The molecule has 0 amide bonds. The van der Waals surface area contributed by atoms with Gasteiger partial charge in [-0.3, -0.25) is 4.79 Å². The van der Waals surface area contributed by atoms with E-state index < -0.39 is 5.54 Å². The normalized spacial score (nSPS) is 14.2. The number of likely N-dealkylation sites (N-methyl/N-ethyl adjacent to an activating group) is 1. The Bertz CT molecular complexity index is 397. The van der Waals surface area contributed by atoms with Crippen LogP contribution in [0.25, 0.3) is 0 Å². The summed E-state index contributed by atoms with van der Waals surface area (Å²) in [6.45, 7) is 6.00. The van der Waals surface area contributed by atoms with E-state index >= 15 is 0 Å². The summed E-state index contributed by atoms with van der Waals surface area (Å²) in [6.07, 6.45) is 0.686. The molecule has 5 nitrogen and oxygen atoms in total. The highest BCUT2D eigenvalue weighted by molar-refractivity contribution is 8.01. The Balaban J connectivity index is 2.46. The van der Waals surface area contributed by atoms with Gasteiger partial charge in [-0.15, -0.1) is 10.2 Å². The van der Waals surface area contributed by atoms with Crippen LogP contribution in [-0.2, 0) is 9.53 Å². The van der Waals surface area contributed by atoms with E-state index in [1.54, 1.807) is 30.1 Å². The molecule has 0 saturated carbocycles. The van der Waals surface area contributed by atoms with Gasteiger partial charge in [0, 0.05) is 5.75 Å². The summed E-state index contributed by atoms with van der Waals surface area (Å²) < 4.78 is 6.01. The quantitative estimate of drug-likeness (QED) is 0.611. The lowest BCUT2D eigenvalue weighted by Gasteiger charge is -2.26. The fourth-order valence-electron chi connectivity index (χ4n) is 1.30. The van der Waals surface area contributed by atoms with Crippen LogP contribution in [0.3, 0.4) is 0 Å². The number of nitrogens with one attached hydrogen (secondary N) is 1. The van der Waals surface area contributed by atoms with Gasteiger partial charge >= 0.3 is 5.97 Å². The third-order valence-electron chi connectivity index (χ3n) is 2.61. The molecule has 0 saturated heterocycles. The molecule has 0 radical (unpaired) electrons. The highest BCUT2D eigenvalue weighted by Crippen LogP contribution is 2.25. The lowest BCUT2D eigenvalue weighted by atomic mass is 10.00. The summed E-state index contributed by atoms with van der Waals surface area (Å²) in [5.41, 5.74) is -0.636. The van der Waals surface area contributed by atoms with Gasteiger partial charge in [-0.05, 0) is 34.2 Å². The van der Waals surface area contributed by atoms with Gasteiger partial charge in [0.1, 0.15) is 10.5 Å². The van der Waals surface area contributed by atoms with Crippen molar-refractivity contribution in [1.82, 2.24) is 15.5 Å². The van der Waals surface area contributed by atoms with Crippen LogP contribution in [0, 0.1) is 6.92 Å². The molecule has 18 heavy (non-hydrogen) atoms. The summed E-state index contributed by atoms with van der Waals surface area (Å²) in [7, 11) is 1.77. The zero-order valence-electron chi connectivity index (χ0n) is 11.1. The largest absolute Gasteiger partial charge is 0.465 e. The van der Waals surface area contributed by atoms with Crippen LogP contribution in [0.15, 0.2) is 4.34 Å². The van der Waals surface area contributed by atoms with E-state index in [-0.39, 0.29) is 5.97 Å². The Hall–Kier alpha value is -0.660. The van der Waals surface area contributed by atoms with Crippen molar-refractivity contribution in [2.45, 2.75) is 37.1 Å². The smallest absolute Gasteiger partial charge is 0.326 e. The molecule has 1 aromatic heterocycles. The zero-order valence-corrected chi connectivity index (χ0v) is 12.8. The molecular weight excluding hydrogens is 270 g/mol. The number of hydrogen-bond donors (Lipinski definition) is 1. The SMILES string of the molecule is CCOC(=O)C(C)(CCSc1nnc(C)s1)NC. The first-order valence-electron chi connectivity index (χ1n) is 5.81. The molecule has 7 heteroatoms. The van der Waals surface area contributed by atoms with Crippen molar-refractivity contribution in [3.05, 3.63) is 5.01 Å². The van der Waals surface area contributed by atoms with E-state index in [0.29, 0.717) is 13.0 Å². The highest BCUT2D eigenvalue weighted by Gasteiger charge is 2.32. The Morgan fingerprint density at radius 1 is 1.56 bits per heavy atom. The van der Waals surface area contributed by atoms with Gasteiger partial charge < -0.3 is 10.1 Å². The summed E-state index contributed by atoms with van der Waals surface area (Å²) in [6, 6.07) is 0. The fourth-order valence-corrected chi connectivity index (χ4v) is 3.35. The van der Waals surface area contributed by atoms with Gasteiger partial charge in [0.15, 0.2) is 4.34 Å². The Morgan fingerprint density at radius 3 is 2.78 bits per heavy atom. The number of carbonyl (C=O) groups is 1. The third kappa shape index (κ3) is 4.22. The van der Waals surface area contributed by atoms with Crippen molar-refractivity contribution in [3.63, 3.8) is 0 Å². The second kappa shape index (κ2) is 7.06. The predicted molar refractivity (Wildman–Crippen MR) is 74.1 cm³/mol. The number of aromatic nitrogens is 2. The Morgan fingerprint density at radius 2 is 2.28 bits per heavy atom. The van der Waals surface area contributed by atoms with Crippen molar-refractivity contribution in [3.8, 4) is 0 Å². The van der Waals surface area contributed by atoms with Gasteiger partial charge in [-0.2, -0.15) is 0 Å². The van der Waals surface area contributed by atoms with Gasteiger partial charge in [0.25, 0.3) is 0 Å². The topological polar surface area (TPSA) is 64.1 Å². The molecule has 0 aliphatic rings. The molecule has 0 aliphatic carbocycles. The van der Waals surface area contributed by atoms with Gasteiger partial charge in [0.05, 0.1) is 6.61 Å². The molecule has 1 N–H and O–H groups in total. The van der Waals surface area contributed by atoms with E-state index in [2.05, 4.69) is 15.5 Å². The van der Waals surface area contributed by atoms with Gasteiger partial charge in [-0.25, -0.2) is 0 Å². The molecule has 102 valence electrons. The minimum Gasteiger partial charge on any atom is -0.465 e.